The number of rotatable bonds is 55. The Morgan fingerprint density at radius 1 is 0.292 bits per heavy atom. The lowest BCUT2D eigenvalue weighted by Crippen LogP contribution is -2.30. The van der Waals surface area contributed by atoms with Crippen molar-refractivity contribution in [2.75, 3.05) is 13.2 Å². The zero-order valence-corrected chi connectivity index (χ0v) is 47.4. The zero-order chi connectivity index (χ0) is 52.2. The number of carbonyl (C=O) groups is 3. The molecule has 414 valence electrons. The van der Waals surface area contributed by atoms with Gasteiger partial charge in [-0.25, -0.2) is 0 Å². The van der Waals surface area contributed by atoms with E-state index in [1.165, 1.54) is 148 Å². The average molecular weight is 1000 g/mol. The molecule has 0 amide bonds. The summed E-state index contributed by atoms with van der Waals surface area (Å²) < 4.78 is 16.9. The van der Waals surface area contributed by atoms with E-state index in [0.29, 0.717) is 19.3 Å². The molecule has 0 aromatic carbocycles. The maximum absolute atomic E-state index is 12.9. The molecule has 0 aliphatic rings. The molecule has 6 heteroatoms. The molecule has 0 aromatic rings. The van der Waals surface area contributed by atoms with Gasteiger partial charge in [-0.1, -0.05) is 247 Å². The van der Waals surface area contributed by atoms with Crippen molar-refractivity contribution in [2.45, 2.75) is 303 Å². The number of allylic oxidation sites excluding steroid dienone is 14. The van der Waals surface area contributed by atoms with Gasteiger partial charge < -0.3 is 14.2 Å². The normalized spacial score (nSPS) is 12.7. The van der Waals surface area contributed by atoms with E-state index in [9.17, 15) is 14.4 Å². The Labute approximate surface area is 445 Å². The van der Waals surface area contributed by atoms with Crippen LogP contribution in [-0.2, 0) is 28.6 Å². The molecule has 1 unspecified atom stereocenters. The van der Waals surface area contributed by atoms with Gasteiger partial charge in [0.2, 0.25) is 0 Å². The van der Waals surface area contributed by atoms with Crippen LogP contribution >= 0.6 is 0 Å². The predicted octanol–water partition coefficient (Wildman–Crippen LogP) is 20.7. The van der Waals surface area contributed by atoms with E-state index in [1.54, 1.807) is 0 Å². The SMILES string of the molecule is CC/C=C\C/C=C\C/C=C\C/C=C\CCCCCCCCC(=O)OC(COC(=O)CCCCCCC/C=C\CCCCCCC)COC(=O)CCCCCCCCCCC/C=C\C/C=C\CCCCCCC. The fraction of sp³-hybridized carbons (Fsp3) is 0.742. The van der Waals surface area contributed by atoms with Gasteiger partial charge in [-0.2, -0.15) is 0 Å². The highest BCUT2D eigenvalue weighted by atomic mass is 16.6. The second-order valence-electron chi connectivity index (χ2n) is 20.2. The molecule has 0 saturated carbocycles. The zero-order valence-electron chi connectivity index (χ0n) is 47.4. The van der Waals surface area contributed by atoms with Crippen molar-refractivity contribution in [3.8, 4) is 0 Å². The Balaban J connectivity index is 4.40. The lowest BCUT2D eigenvalue weighted by atomic mass is 10.1. The van der Waals surface area contributed by atoms with Gasteiger partial charge in [0.15, 0.2) is 6.10 Å². The fourth-order valence-corrected chi connectivity index (χ4v) is 8.52. The van der Waals surface area contributed by atoms with E-state index in [1.807, 2.05) is 0 Å². The smallest absolute Gasteiger partial charge is 0.306 e. The van der Waals surface area contributed by atoms with Crippen LogP contribution in [0, 0.1) is 0 Å². The number of esters is 3. The van der Waals surface area contributed by atoms with E-state index in [-0.39, 0.29) is 31.1 Å². The molecule has 72 heavy (non-hydrogen) atoms. The van der Waals surface area contributed by atoms with Crippen molar-refractivity contribution in [2.24, 2.45) is 0 Å². The first-order valence-electron chi connectivity index (χ1n) is 30.6. The summed E-state index contributed by atoms with van der Waals surface area (Å²) in [5, 5.41) is 0. The van der Waals surface area contributed by atoms with Crippen LogP contribution in [-0.4, -0.2) is 37.2 Å². The van der Waals surface area contributed by atoms with Crippen molar-refractivity contribution < 1.29 is 28.6 Å². The van der Waals surface area contributed by atoms with Crippen LogP contribution in [0.2, 0.25) is 0 Å². The van der Waals surface area contributed by atoms with E-state index < -0.39 is 6.10 Å². The van der Waals surface area contributed by atoms with Crippen LogP contribution in [0.4, 0.5) is 0 Å². The van der Waals surface area contributed by atoms with Crippen LogP contribution in [0.3, 0.4) is 0 Å². The molecule has 0 N–H and O–H groups in total. The molecular weight excluding hydrogens is 889 g/mol. The van der Waals surface area contributed by atoms with Crippen molar-refractivity contribution >= 4 is 17.9 Å². The van der Waals surface area contributed by atoms with Gasteiger partial charge in [-0.3, -0.25) is 14.4 Å². The lowest BCUT2D eigenvalue weighted by Gasteiger charge is -2.18. The minimum atomic E-state index is -0.791. The van der Waals surface area contributed by atoms with Crippen molar-refractivity contribution in [1.29, 1.82) is 0 Å². The Morgan fingerprint density at radius 3 is 0.861 bits per heavy atom. The first kappa shape index (κ1) is 68.6. The maximum Gasteiger partial charge on any atom is 0.306 e. The predicted molar refractivity (Wildman–Crippen MR) is 311 cm³/mol. The van der Waals surface area contributed by atoms with Crippen molar-refractivity contribution in [3.05, 3.63) is 85.1 Å². The average Bonchev–Trinajstić information content (AvgIpc) is 3.38. The van der Waals surface area contributed by atoms with Crippen LogP contribution in [0.15, 0.2) is 85.1 Å². The minimum Gasteiger partial charge on any atom is -0.462 e. The molecule has 0 fully saturated rings. The summed E-state index contributed by atoms with van der Waals surface area (Å²) in [6, 6.07) is 0. The summed E-state index contributed by atoms with van der Waals surface area (Å²) in [5.74, 6) is -0.905. The monoisotopic (exact) mass is 1000 g/mol. The van der Waals surface area contributed by atoms with Gasteiger partial charge in [-0.05, 0) is 116 Å². The van der Waals surface area contributed by atoms with Crippen molar-refractivity contribution in [3.63, 3.8) is 0 Å². The molecule has 0 heterocycles. The Hall–Kier alpha value is -3.41. The Morgan fingerprint density at radius 2 is 0.542 bits per heavy atom. The number of unbranched alkanes of at least 4 members (excludes halogenated alkanes) is 30. The highest BCUT2D eigenvalue weighted by molar-refractivity contribution is 5.71. The third-order valence-corrected chi connectivity index (χ3v) is 13.1. The molecule has 0 aliphatic heterocycles. The molecule has 6 nitrogen and oxygen atoms in total. The molecule has 1 atom stereocenters. The fourth-order valence-electron chi connectivity index (χ4n) is 8.52. The van der Waals surface area contributed by atoms with Crippen LogP contribution in [0.1, 0.15) is 297 Å². The van der Waals surface area contributed by atoms with E-state index in [4.69, 9.17) is 14.2 Å². The van der Waals surface area contributed by atoms with E-state index in [0.717, 1.165) is 109 Å². The molecule has 0 bridgehead atoms. The molecule has 0 aromatic heterocycles. The first-order chi connectivity index (χ1) is 35.5. The summed E-state index contributed by atoms with van der Waals surface area (Å²) in [4.78, 5) is 38.3. The summed E-state index contributed by atoms with van der Waals surface area (Å²) in [5.41, 5.74) is 0. The summed E-state index contributed by atoms with van der Waals surface area (Å²) >= 11 is 0. The standard InChI is InChI=1S/C66H114O6/c1-4-7-10-13-16-19-22-25-28-30-32-33-35-36-38-41-44-47-50-53-56-59-65(68)71-62-63(61-70-64(67)58-55-52-49-46-43-40-27-24-21-18-15-12-9-6-3)72-66(69)60-57-54-51-48-45-42-39-37-34-31-29-26-23-20-17-14-11-8-5-2/h8,11,17,20,22,24-27,29-30,32,34,37,63H,4-7,9-10,12-16,18-19,21,23,28,31,33,35-36,38-62H2,1-3H3/b11-8-,20-17-,25-22-,27-24-,29-26-,32-30-,37-34-. The van der Waals surface area contributed by atoms with Gasteiger partial charge in [0.05, 0.1) is 0 Å². The third kappa shape index (κ3) is 57.5. The maximum atomic E-state index is 12.9. The van der Waals surface area contributed by atoms with Gasteiger partial charge in [-0.15, -0.1) is 0 Å². The molecule has 0 radical (unpaired) electrons. The number of hydrogen-bond acceptors (Lipinski definition) is 6. The molecule has 0 aliphatic carbocycles. The molecule has 0 spiro atoms. The number of carbonyl (C=O) groups excluding carboxylic acids is 3. The van der Waals surface area contributed by atoms with Crippen LogP contribution in [0.25, 0.3) is 0 Å². The molecular formula is C66H114O6. The van der Waals surface area contributed by atoms with Crippen LogP contribution in [0.5, 0.6) is 0 Å². The highest BCUT2D eigenvalue weighted by Crippen LogP contribution is 2.15. The summed E-state index contributed by atoms with van der Waals surface area (Å²) in [6.07, 6.45) is 78.6. The quantitative estimate of drug-likeness (QED) is 0.0261. The Bertz CT molecular complexity index is 1380. The van der Waals surface area contributed by atoms with Crippen LogP contribution < -0.4 is 0 Å². The largest absolute Gasteiger partial charge is 0.462 e. The van der Waals surface area contributed by atoms with Gasteiger partial charge in [0.1, 0.15) is 13.2 Å². The van der Waals surface area contributed by atoms with E-state index >= 15 is 0 Å². The van der Waals surface area contributed by atoms with Crippen molar-refractivity contribution in [1.82, 2.24) is 0 Å². The second kappa shape index (κ2) is 60.1. The summed E-state index contributed by atoms with van der Waals surface area (Å²) in [6.45, 7) is 6.51. The second-order valence-corrected chi connectivity index (χ2v) is 20.2. The highest BCUT2D eigenvalue weighted by Gasteiger charge is 2.19. The lowest BCUT2D eigenvalue weighted by molar-refractivity contribution is -0.167. The number of hydrogen-bond donors (Lipinski definition) is 0. The third-order valence-electron chi connectivity index (χ3n) is 13.1. The number of ether oxygens (including phenoxy) is 3. The summed E-state index contributed by atoms with van der Waals surface area (Å²) in [7, 11) is 0. The van der Waals surface area contributed by atoms with Gasteiger partial charge in [0.25, 0.3) is 0 Å². The molecule has 0 rings (SSSR count). The topological polar surface area (TPSA) is 78.9 Å². The Kier molecular flexibility index (Phi) is 57.3. The molecule has 0 saturated heterocycles. The van der Waals surface area contributed by atoms with Gasteiger partial charge in [0, 0.05) is 19.3 Å². The minimum absolute atomic E-state index is 0.0868. The first-order valence-corrected chi connectivity index (χ1v) is 30.6. The van der Waals surface area contributed by atoms with E-state index in [2.05, 4.69) is 106 Å². The van der Waals surface area contributed by atoms with Gasteiger partial charge >= 0.3 is 17.9 Å².